The maximum absolute atomic E-state index is 12.4. The van der Waals surface area contributed by atoms with Crippen LogP contribution in [0.5, 0.6) is 0 Å². The summed E-state index contributed by atoms with van der Waals surface area (Å²) < 4.78 is 42.3. The molecular formula is C11H12F3N3OS. The second-order valence-corrected chi connectivity index (χ2v) is 5.00. The van der Waals surface area contributed by atoms with Crippen molar-refractivity contribution in [3.63, 3.8) is 0 Å². The van der Waals surface area contributed by atoms with E-state index in [1.54, 1.807) is 13.8 Å². The first-order valence-corrected chi connectivity index (χ1v) is 6.39. The molecule has 8 heteroatoms. The highest BCUT2D eigenvalue weighted by Crippen LogP contribution is 2.33. The maximum atomic E-state index is 12.4. The summed E-state index contributed by atoms with van der Waals surface area (Å²) in [6.45, 7) is 5.37. The van der Waals surface area contributed by atoms with Crippen molar-refractivity contribution in [2.24, 2.45) is 0 Å². The molecule has 2 heterocycles. The quantitative estimate of drug-likeness (QED) is 0.930. The highest BCUT2D eigenvalue weighted by Gasteiger charge is 2.34. The van der Waals surface area contributed by atoms with Gasteiger partial charge in [-0.1, -0.05) is 5.16 Å². The standard InChI is InChI=1S/C11H12F3N3OS/c1-5(9-6(2)17-18-7(9)3)15-10-16-8(4-19-10)11(12,13)14/h4-5H,1-3H3,(H,15,16). The zero-order valence-electron chi connectivity index (χ0n) is 10.5. The molecule has 0 aliphatic carbocycles. The van der Waals surface area contributed by atoms with Crippen LogP contribution in [-0.4, -0.2) is 10.1 Å². The fourth-order valence-corrected chi connectivity index (χ4v) is 2.64. The molecule has 0 spiro atoms. The predicted octanol–water partition coefficient (Wildman–Crippen LogP) is 3.94. The summed E-state index contributed by atoms with van der Waals surface area (Å²) in [6.07, 6.45) is -4.41. The summed E-state index contributed by atoms with van der Waals surface area (Å²) in [7, 11) is 0. The zero-order chi connectivity index (χ0) is 14.2. The first-order chi connectivity index (χ1) is 8.79. The van der Waals surface area contributed by atoms with Crippen molar-refractivity contribution in [1.82, 2.24) is 10.1 Å². The molecule has 4 nitrogen and oxygen atoms in total. The molecule has 0 amide bonds. The lowest BCUT2D eigenvalue weighted by Gasteiger charge is -2.12. The molecule has 0 saturated heterocycles. The maximum Gasteiger partial charge on any atom is 0.434 e. The van der Waals surface area contributed by atoms with Gasteiger partial charge in [0, 0.05) is 10.9 Å². The molecule has 2 rings (SSSR count). The first-order valence-electron chi connectivity index (χ1n) is 5.51. The van der Waals surface area contributed by atoms with Crippen LogP contribution >= 0.6 is 11.3 Å². The van der Waals surface area contributed by atoms with E-state index in [9.17, 15) is 13.2 Å². The van der Waals surface area contributed by atoms with Gasteiger partial charge in [0.05, 0.1) is 11.7 Å². The van der Waals surface area contributed by atoms with Gasteiger partial charge in [-0.3, -0.25) is 0 Å². The number of anilines is 1. The van der Waals surface area contributed by atoms with Gasteiger partial charge in [-0.25, -0.2) is 4.98 Å². The van der Waals surface area contributed by atoms with E-state index >= 15 is 0 Å². The minimum Gasteiger partial charge on any atom is -0.361 e. The molecule has 0 fully saturated rings. The van der Waals surface area contributed by atoms with Crippen LogP contribution in [0.25, 0.3) is 0 Å². The Balaban J connectivity index is 2.16. The zero-order valence-corrected chi connectivity index (χ0v) is 11.3. The summed E-state index contributed by atoms with van der Waals surface area (Å²) in [4.78, 5) is 3.52. The molecule has 1 N–H and O–H groups in total. The number of nitrogens with zero attached hydrogens (tertiary/aromatic N) is 2. The van der Waals surface area contributed by atoms with E-state index < -0.39 is 11.9 Å². The van der Waals surface area contributed by atoms with Crippen molar-refractivity contribution in [3.8, 4) is 0 Å². The second kappa shape index (κ2) is 4.84. The van der Waals surface area contributed by atoms with Gasteiger partial charge < -0.3 is 9.84 Å². The van der Waals surface area contributed by atoms with Gasteiger partial charge in [0.15, 0.2) is 10.8 Å². The van der Waals surface area contributed by atoms with Gasteiger partial charge in [0.2, 0.25) is 0 Å². The van der Waals surface area contributed by atoms with Crippen LogP contribution in [0.15, 0.2) is 9.90 Å². The van der Waals surface area contributed by atoms with Crippen LogP contribution in [0.1, 0.15) is 35.7 Å². The highest BCUT2D eigenvalue weighted by atomic mass is 32.1. The summed E-state index contributed by atoms with van der Waals surface area (Å²) in [6, 6.07) is -0.224. The van der Waals surface area contributed by atoms with Gasteiger partial charge in [0.1, 0.15) is 5.76 Å². The number of hydrogen-bond acceptors (Lipinski definition) is 5. The topological polar surface area (TPSA) is 51.0 Å². The van der Waals surface area contributed by atoms with Crippen molar-refractivity contribution in [1.29, 1.82) is 0 Å². The Morgan fingerprint density at radius 1 is 1.37 bits per heavy atom. The second-order valence-electron chi connectivity index (χ2n) is 4.14. The largest absolute Gasteiger partial charge is 0.434 e. The average Bonchev–Trinajstić information content (AvgIpc) is 2.85. The lowest BCUT2D eigenvalue weighted by molar-refractivity contribution is -0.140. The number of halogens is 3. The molecule has 104 valence electrons. The van der Waals surface area contributed by atoms with E-state index in [0.29, 0.717) is 11.5 Å². The molecule has 2 aromatic heterocycles. The molecule has 2 aromatic rings. The number of hydrogen-bond donors (Lipinski definition) is 1. The highest BCUT2D eigenvalue weighted by molar-refractivity contribution is 7.13. The monoisotopic (exact) mass is 291 g/mol. The van der Waals surface area contributed by atoms with Gasteiger partial charge in [-0.2, -0.15) is 13.2 Å². The Labute approximate surface area is 111 Å². The van der Waals surface area contributed by atoms with E-state index in [4.69, 9.17) is 4.52 Å². The molecule has 19 heavy (non-hydrogen) atoms. The smallest absolute Gasteiger partial charge is 0.361 e. The Kier molecular flexibility index (Phi) is 3.53. The average molecular weight is 291 g/mol. The molecule has 1 atom stereocenters. The van der Waals surface area contributed by atoms with Crippen LogP contribution in [-0.2, 0) is 6.18 Å². The number of aromatic nitrogens is 2. The predicted molar refractivity (Wildman–Crippen MR) is 65.1 cm³/mol. The molecule has 0 bridgehead atoms. The van der Waals surface area contributed by atoms with Crippen LogP contribution in [0.2, 0.25) is 0 Å². The Morgan fingerprint density at radius 2 is 2.05 bits per heavy atom. The van der Waals surface area contributed by atoms with Gasteiger partial charge in [0.25, 0.3) is 0 Å². The number of thiazole rings is 1. The number of alkyl halides is 3. The fourth-order valence-electron chi connectivity index (χ4n) is 1.84. The molecule has 0 aliphatic rings. The van der Waals surface area contributed by atoms with Crippen molar-refractivity contribution in [2.45, 2.75) is 33.0 Å². The van der Waals surface area contributed by atoms with Gasteiger partial charge in [-0.15, -0.1) is 11.3 Å². The summed E-state index contributed by atoms with van der Waals surface area (Å²) >= 11 is 0.920. The van der Waals surface area contributed by atoms with Crippen molar-refractivity contribution in [3.05, 3.63) is 28.1 Å². The molecule has 0 saturated carbocycles. The Bertz CT molecular complexity index is 556. The van der Waals surface area contributed by atoms with Gasteiger partial charge >= 0.3 is 6.18 Å². The number of aryl methyl sites for hydroxylation is 2. The van der Waals surface area contributed by atoms with Gasteiger partial charge in [-0.05, 0) is 20.8 Å². The van der Waals surface area contributed by atoms with Crippen molar-refractivity contribution < 1.29 is 17.7 Å². The molecule has 0 radical (unpaired) electrons. The van der Waals surface area contributed by atoms with Crippen molar-refractivity contribution >= 4 is 16.5 Å². The van der Waals surface area contributed by atoms with E-state index in [0.717, 1.165) is 22.3 Å². The normalized spacial score (nSPS) is 13.6. The summed E-state index contributed by atoms with van der Waals surface area (Å²) in [5, 5.41) is 7.95. The SMILES string of the molecule is Cc1noc(C)c1C(C)Nc1nc(C(F)(F)F)cs1. The molecule has 0 aromatic carbocycles. The van der Waals surface area contributed by atoms with Crippen LogP contribution < -0.4 is 5.32 Å². The molecular weight excluding hydrogens is 279 g/mol. The number of rotatable bonds is 3. The lowest BCUT2D eigenvalue weighted by Crippen LogP contribution is -2.09. The van der Waals surface area contributed by atoms with Crippen LogP contribution in [0.3, 0.4) is 0 Å². The summed E-state index contributed by atoms with van der Waals surface area (Å²) in [5.74, 6) is 0.644. The van der Waals surface area contributed by atoms with E-state index in [1.165, 1.54) is 0 Å². The van der Waals surface area contributed by atoms with E-state index in [2.05, 4.69) is 15.5 Å². The third-order valence-corrected chi connectivity index (χ3v) is 3.43. The van der Waals surface area contributed by atoms with E-state index in [-0.39, 0.29) is 11.2 Å². The molecule has 1 unspecified atom stereocenters. The van der Waals surface area contributed by atoms with Crippen molar-refractivity contribution in [2.75, 3.05) is 5.32 Å². The third kappa shape index (κ3) is 2.89. The minimum absolute atomic E-state index is 0.222. The summed E-state index contributed by atoms with van der Waals surface area (Å²) in [5.41, 5.74) is 0.667. The van der Waals surface area contributed by atoms with Crippen LogP contribution in [0, 0.1) is 13.8 Å². The minimum atomic E-state index is -4.41. The molecule has 0 aliphatic heterocycles. The Hall–Kier alpha value is -1.57. The van der Waals surface area contributed by atoms with Crippen LogP contribution in [0.4, 0.5) is 18.3 Å². The van der Waals surface area contributed by atoms with E-state index in [1.807, 2.05) is 6.92 Å². The fraction of sp³-hybridized carbons (Fsp3) is 0.455. The number of nitrogens with one attached hydrogen (secondary N) is 1. The first kappa shape index (κ1) is 13.9. The Morgan fingerprint density at radius 3 is 2.53 bits per heavy atom. The third-order valence-electron chi connectivity index (χ3n) is 2.66. The lowest BCUT2D eigenvalue weighted by atomic mass is 10.1.